The molecule has 0 aliphatic rings. The number of hydrogen-bond donors (Lipinski definition) is 2. The highest BCUT2D eigenvalue weighted by Gasteiger charge is 2.12. The molecule has 2 N–H and O–H groups in total. The van der Waals surface area contributed by atoms with Crippen molar-refractivity contribution in [2.24, 2.45) is 5.10 Å². The summed E-state index contributed by atoms with van der Waals surface area (Å²) >= 11 is 3.49. The van der Waals surface area contributed by atoms with Crippen LogP contribution in [-0.2, 0) is 9.59 Å². The summed E-state index contributed by atoms with van der Waals surface area (Å²) in [6, 6.07) is 9.18. The van der Waals surface area contributed by atoms with Crippen molar-refractivity contribution in [1.29, 1.82) is 0 Å². The Kier molecular flexibility index (Phi) is 9.52. The molecule has 8 heteroatoms. The summed E-state index contributed by atoms with van der Waals surface area (Å²) in [5.41, 5.74) is 5.93. The Labute approximate surface area is 191 Å². The fraction of sp³-hybridized carbons (Fsp3) is 0.348. The largest absolute Gasteiger partial charge is 0.490 e. The van der Waals surface area contributed by atoms with Gasteiger partial charge in [0.2, 0.25) is 11.8 Å². The zero-order valence-electron chi connectivity index (χ0n) is 18.3. The number of nitrogens with one attached hydrogen (secondary N) is 2. The van der Waals surface area contributed by atoms with Crippen molar-refractivity contribution in [2.75, 3.05) is 18.5 Å². The molecule has 0 bridgehead atoms. The lowest BCUT2D eigenvalue weighted by atomic mass is 10.1. The second-order valence-electron chi connectivity index (χ2n) is 6.93. The van der Waals surface area contributed by atoms with E-state index < -0.39 is 11.8 Å². The lowest BCUT2D eigenvalue weighted by Crippen LogP contribution is -2.24. The van der Waals surface area contributed by atoms with Crippen LogP contribution in [-0.4, -0.2) is 31.2 Å². The van der Waals surface area contributed by atoms with Crippen LogP contribution in [0, 0.1) is 13.8 Å². The normalized spacial score (nSPS) is 10.7. The summed E-state index contributed by atoms with van der Waals surface area (Å²) in [6.07, 6.45) is 2.03. The first-order valence-electron chi connectivity index (χ1n) is 10.1. The molecule has 0 radical (unpaired) electrons. The first-order chi connectivity index (χ1) is 14.8. The molecule has 166 valence electrons. The van der Waals surface area contributed by atoms with E-state index in [1.54, 1.807) is 12.1 Å². The average molecular weight is 490 g/mol. The zero-order valence-corrected chi connectivity index (χ0v) is 19.8. The van der Waals surface area contributed by atoms with E-state index in [2.05, 4.69) is 31.8 Å². The molecule has 0 saturated heterocycles. The van der Waals surface area contributed by atoms with Crippen LogP contribution >= 0.6 is 15.9 Å². The van der Waals surface area contributed by atoms with E-state index in [4.69, 9.17) is 9.47 Å². The van der Waals surface area contributed by atoms with Crippen molar-refractivity contribution in [3.05, 3.63) is 51.5 Å². The number of nitrogens with zero attached hydrogens (tertiary/aromatic N) is 1. The summed E-state index contributed by atoms with van der Waals surface area (Å²) in [5.74, 6) is 0.304. The molecular formula is C23H28BrN3O4. The number of ether oxygens (including phenoxy) is 2. The molecule has 0 atom stereocenters. The molecule has 0 saturated carbocycles. The van der Waals surface area contributed by atoms with Gasteiger partial charge in [0.1, 0.15) is 6.42 Å². The van der Waals surface area contributed by atoms with Crippen molar-refractivity contribution < 1.29 is 19.1 Å². The van der Waals surface area contributed by atoms with Gasteiger partial charge in [0.05, 0.1) is 23.9 Å². The van der Waals surface area contributed by atoms with E-state index >= 15 is 0 Å². The highest BCUT2D eigenvalue weighted by Crippen LogP contribution is 2.36. The van der Waals surface area contributed by atoms with Crippen LogP contribution in [0.5, 0.6) is 11.5 Å². The second kappa shape index (κ2) is 12.1. The van der Waals surface area contributed by atoms with Gasteiger partial charge >= 0.3 is 0 Å². The third-order valence-electron chi connectivity index (χ3n) is 4.30. The van der Waals surface area contributed by atoms with Crippen LogP contribution in [0.25, 0.3) is 0 Å². The predicted molar refractivity (Wildman–Crippen MR) is 126 cm³/mol. The van der Waals surface area contributed by atoms with E-state index in [0.717, 1.165) is 22.0 Å². The molecule has 7 nitrogen and oxygen atoms in total. The first kappa shape index (κ1) is 24.4. The molecule has 0 spiro atoms. The molecule has 0 unspecified atom stereocenters. The van der Waals surface area contributed by atoms with E-state index in [0.29, 0.717) is 36.0 Å². The van der Waals surface area contributed by atoms with Crippen molar-refractivity contribution >= 4 is 39.6 Å². The summed E-state index contributed by atoms with van der Waals surface area (Å²) in [4.78, 5) is 24.1. The predicted octanol–water partition coefficient (Wildman–Crippen LogP) is 4.73. The fourth-order valence-electron chi connectivity index (χ4n) is 2.66. The number of hydrazone groups is 1. The van der Waals surface area contributed by atoms with Crippen molar-refractivity contribution in [1.82, 2.24) is 5.43 Å². The van der Waals surface area contributed by atoms with Gasteiger partial charge in [0.15, 0.2) is 11.5 Å². The van der Waals surface area contributed by atoms with E-state index in [9.17, 15) is 9.59 Å². The number of hydrogen-bond acceptors (Lipinski definition) is 5. The monoisotopic (exact) mass is 489 g/mol. The van der Waals surface area contributed by atoms with Gasteiger partial charge in [-0.15, -0.1) is 0 Å². The first-order valence-corrected chi connectivity index (χ1v) is 10.9. The van der Waals surface area contributed by atoms with Crippen LogP contribution in [0.4, 0.5) is 5.69 Å². The number of aryl methyl sites for hydroxylation is 2. The topological polar surface area (TPSA) is 89.0 Å². The number of halogens is 1. The molecule has 0 fully saturated rings. The Morgan fingerprint density at radius 3 is 2.52 bits per heavy atom. The summed E-state index contributed by atoms with van der Waals surface area (Å²) < 4.78 is 12.1. The third-order valence-corrected chi connectivity index (χ3v) is 4.89. The molecule has 0 aromatic heterocycles. The minimum atomic E-state index is -0.510. The van der Waals surface area contributed by atoms with Gasteiger partial charge < -0.3 is 14.8 Å². The Bertz CT molecular complexity index is 960. The van der Waals surface area contributed by atoms with Crippen LogP contribution < -0.4 is 20.2 Å². The minimum absolute atomic E-state index is 0.331. The SMILES string of the molecule is CCCOc1c(Br)cc(C=NNC(=O)CC(=O)Nc2ccc(C)c(C)c2)cc1OCC. The average Bonchev–Trinajstić information content (AvgIpc) is 2.70. The van der Waals surface area contributed by atoms with E-state index in [1.807, 2.05) is 45.9 Å². The Balaban J connectivity index is 1.95. The smallest absolute Gasteiger partial charge is 0.249 e. The van der Waals surface area contributed by atoms with E-state index in [-0.39, 0.29) is 6.42 Å². The van der Waals surface area contributed by atoms with Gasteiger partial charge in [-0.3, -0.25) is 9.59 Å². The Morgan fingerprint density at radius 2 is 1.84 bits per heavy atom. The Hall–Kier alpha value is -2.87. The van der Waals surface area contributed by atoms with Gasteiger partial charge in [-0.2, -0.15) is 5.10 Å². The molecule has 0 aliphatic carbocycles. The fourth-order valence-corrected chi connectivity index (χ4v) is 3.23. The maximum atomic E-state index is 12.1. The van der Waals surface area contributed by atoms with Gasteiger partial charge in [-0.1, -0.05) is 13.0 Å². The standard InChI is InChI=1S/C23H28BrN3O4/c1-5-9-31-23-19(24)11-17(12-20(23)30-6-2)14-25-27-22(29)13-21(28)26-18-8-7-15(3)16(4)10-18/h7-8,10-12,14H,5-6,9,13H2,1-4H3,(H,26,28)(H,27,29). The Morgan fingerprint density at radius 1 is 1.06 bits per heavy atom. The maximum absolute atomic E-state index is 12.1. The molecule has 2 rings (SSSR count). The number of rotatable bonds is 10. The summed E-state index contributed by atoms with van der Waals surface area (Å²) in [7, 11) is 0. The number of anilines is 1. The molecule has 0 heterocycles. The molecular weight excluding hydrogens is 462 g/mol. The van der Waals surface area contributed by atoms with Gasteiger partial charge in [-0.25, -0.2) is 5.43 Å². The summed E-state index contributed by atoms with van der Waals surface area (Å²) in [5, 5.41) is 6.65. The van der Waals surface area contributed by atoms with Crippen LogP contribution in [0.1, 0.15) is 43.4 Å². The molecule has 2 amide bonds. The highest BCUT2D eigenvalue weighted by molar-refractivity contribution is 9.10. The highest BCUT2D eigenvalue weighted by atomic mass is 79.9. The molecule has 2 aromatic rings. The van der Waals surface area contributed by atoms with Crippen LogP contribution in [0.3, 0.4) is 0 Å². The van der Waals surface area contributed by atoms with Gasteiger partial charge in [-0.05, 0) is 84.1 Å². The number of carbonyl (C=O) groups excluding carboxylic acids is 2. The van der Waals surface area contributed by atoms with Crippen LogP contribution in [0.2, 0.25) is 0 Å². The summed E-state index contributed by atoms with van der Waals surface area (Å²) in [6.45, 7) is 8.94. The van der Waals surface area contributed by atoms with Crippen molar-refractivity contribution in [3.8, 4) is 11.5 Å². The molecule has 0 aliphatic heterocycles. The van der Waals surface area contributed by atoms with Crippen molar-refractivity contribution in [3.63, 3.8) is 0 Å². The molecule has 31 heavy (non-hydrogen) atoms. The number of benzene rings is 2. The lowest BCUT2D eigenvalue weighted by molar-refractivity contribution is -0.126. The number of carbonyl (C=O) groups is 2. The molecule has 2 aromatic carbocycles. The van der Waals surface area contributed by atoms with Crippen molar-refractivity contribution in [2.45, 2.75) is 40.5 Å². The minimum Gasteiger partial charge on any atom is -0.490 e. The van der Waals surface area contributed by atoms with Gasteiger partial charge in [0, 0.05) is 5.69 Å². The second-order valence-corrected chi connectivity index (χ2v) is 7.78. The quantitative estimate of drug-likeness (QED) is 0.286. The van der Waals surface area contributed by atoms with Crippen LogP contribution in [0.15, 0.2) is 39.9 Å². The van der Waals surface area contributed by atoms with Gasteiger partial charge in [0.25, 0.3) is 0 Å². The lowest BCUT2D eigenvalue weighted by Gasteiger charge is -2.14. The maximum Gasteiger partial charge on any atom is 0.249 e. The number of amides is 2. The zero-order chi connectivity index (χ0) is 22.8. The van der Waals surface area contributed by atoms with E-state index in [1.165, 1.54) is 6.21 Å². The third kappa shape index (κ3) is 7.71.